The lowest BCUT2D eigenvalue weighted by atomic mass is 10.0. The molecule has 0 aliphatic rings. The lowest BCUT2D eigenvalue weighted by Crippen LogP contribution is -2.04. The summed E-state index contributed by atoms with van der Waals surface area (Å²) in [6, 6.07) is 11.4. The average Bonchev–Trinajstić information content (AvgIpc) is 3.08. The van der Waals surface area contributed by atoms with E-state index in [1.54, 1.807) is 18.5 Å². The van der Waals surface area contributed by atoms with Crippen LogP contribution >= 0.6 is 0 Å². The van der Waals surface area contributed by atoms with Gasteiger partial charge in [0.25, 0.3) is 0 Å². The Balaban J connectivity index is 2.03. The summed E-state index contributed by atoms with van der Waals surface area (Å²) in [6.07, 6.45) is 6.27. The molecule has 100 valence electrons. The molecule has 0 aliphatic heterocycles. The van der Waals surface area contributed by atoms with E-state index in [0.717, 1.165) is 21.7 Å². The van der Waals surface area contributed by atoms with Crippen molar-refractivity contribution >= 4 is 27.5 Å². The Morgan fingerprint density at radius 1 is 0.952 bits per heavy atom. The number of fused-ring (bicyclic) bond motifs is 3. The molecule has 4 rings (SSSR count). The number of aromatic nitrogens is 2. The summed E-state index contributed by atoms with van der Waals surface area (Å²) in [7, 11) is 0. The highest BCUT2D eigenvalue weighted by Gasteiger charge is 2.16. The van der Waals surface area contributed by atoms with Gasteiger partial charge in [-0.3, -0.25) is 14.8 Å². The summed E-state index contributed by atoms with van der Waals surface area (Å²) in [5.41, 5.74) is 1.79. The van der Waals surface area contributed by atoms with Crippen LogP contribution in [-0.4, -0.2) is 15.8 Å². The number of hydrogen-bond acceptors (Lipinski definition) is 4. The highest BCUT2D eigenvalue weighted by Crippen LogP contribution is 2.25. The van der Waals surface area contributed by atoms with Gasteiger partial charge in [0.05, 0.1) is 17.3 Å². The van der Waals surface area contributed by atoms with Gasteiger partial charge >= 0.3 is 0 Å². The summed E-state index contributed by atoms with van der Waals surface area (Å²) < 4.78 is 4.98. The molecule has 4 aromatic rings. The van der Waals surface area contributed by atoms with Crippen LogP contribution < -0.4 is 0 Å². The Labute approximate surface area is 120 Å². The van der Waals surface area contributed by atoms with Crippen molar-refractivity contribution in [2.45, 2.75) is 0 Å². The number of hydrogen-bond donors (Lipinski definition) is 0. The standard InChI is InChI=1S/C17H10N2O2/c20-17(11-6-8-21-10-11)16-14-9-19-15-4-2-1-3-13(15)12(14)5-7-18-16/h1-10H. The zero-order chi connectivity index (χ0) is 14.2. The van der Waals surface area contributed by atoms with Crippen LogP contribution in [0.2, 0.25) is 0 Å². The zero-order valence-corrected chi connectivity index (χ0v) is 11.0. The Kier molecular flexibility index (Phi) is 2.54. The highest BCUT2D eigenvalue weighted by atomic mass is 16.3. The fourth-order valence-corrected chi connectivity index (χ4v) is 2.50. The van der Waals surface area contributed by atoms with Gasteiger partial charge < -0.3 is 4.42 Å². The van der Waals surface area contributed by atoms with Crippen molar-refractivity contribution in [1.29, 1.82) is 0 Å². The largest absolute Gasteiger partial charge is 0.472 e. The van der Waals surface area contributed by atoms with Crippen LogP contribution in [0.4, 0.5) is 0 Å². The van der Waals surface area contributed by atoms with Crippen molar-refractivity contribution < 1.29 is 9.21 Å². The summed E-state index contributed by atoms with van der Waals surface area (Å²) in [6.45, 7) is 0. The molecule has 4 nitrogen and oxygen atoms in total. The monoisotopic (exact) mass is 274 g/mol. The van der Waals surface area contributed by atoms with E-state index in [-0.39, 0.29) is 5.78 Å². The molecule has 1 aromatic carbocycles. The van der Waals surface area contributed by atoms with E-state index >= 15 is 0 Å². The van der Waals surface area contributed by atoms with Crippen LogP contribution in [0.25, 0.3) is 21.7 Å². The van der Waals surface area contributed by atoms with E-state index < -0.39 is 0 Å². The summed E-state index contributed by atoms with van der Waals surface area (Å²) in [5.74, 6) is -0.161. The average molecular weight is 274 g/mol. The van der Waals surface area contributed by atoms with E-state index in [2.05, 4.69) is 9.97 Å². The number of benzene rings is 1. The maximum atomic E-state index is 12.5. The van der Waals surface area contributed by atoms with Crippen molar-refractivity contribution in [3.05, 3.63) is 72.6 Å². The third-order valence-electron chi connectivity index (χ3n) is 3.52. The molecule has 0 saturated carbocycles. The molecule has 0 bridgehead atoms. The van der Waals surface area contributed by atoms with Gasteiger partial charge in [0.1, 0.15) is 12.0 Å². The molecule has 4 heteroatoms. The smallest absolute Gasteiger partial charge is 0.215 e. The van der Waals surface area contributed by atoms with Gasteiger partial charge in [0, 0.05) is 23.2 Å². The van der Waals surface area contributed by atoms with Crippen LogP contribution in [0.1, 0.15) is 16.1 Å². The predicted octanol–water partition coefficient (Wildman–Crippen LogP) is 3.61. The quantitative estimate of drug-likeness (QED) is 0.414. The van der Waals surface area contributed by atoms with Crippen molar-refractivity contribution in [2.24, 2.45) is 0 Å². The highest BCUT2D eigenvalue weighted by molar-refractivity contribution is 6.18. The molecule has 0 atom stereocenters. The van der Waals surface area contributed by atoms with Gasteiger partial charge in [0.15, 0.2) is 0 Å². The molecule has 0 radical (unpaired) electrons. The SMILES string of the molecule is O=C(c1ccoc1)c1nccc2c1cnc1ccccc12. The number of carbonyl (C=O) groups excluding carboxylic acids is 1. The fourth-order valence-electron chi connectivity index (χ4n) is 2.50. The minimum absolute atomic E-state index is 0.161. The first-order valence-corrected chi connectivity index (χ1v) is 6.54. The summed E-state index contributed by atoms with van der Waals surface area (Å²) in [4.78, 5) is 21.2. The maximum absolute atomic E-state index is 12.5. The van der Waals surface area contributed by atoms with Crippen LogP contribution in [-0.2, 0) is 0 Å². The van der Waals surface area contributed by atoms with Crippen LogP contribution in [0, 0.1) is 0 Å². The first-order chi connectivity index (χ1) is 10.3. The zero-order valence-electron chi connectivity index (χ0n) is 11.0. The second-order valence-electron chi connectivity index (χ2n) is 4.74. The lowest BCUT2D eigenvalue weighted by Gasteiger charge is -2.06. The van der Waals surface area contributed by atoms with E-state index in [0.29, 0.717) is 11.3 Å². The number of pyridine rings is 2. The predicted molar refractivity (Wildman–Crippen MR) is 79.2 cm³/mol. The first kappa shape index (κ1) is 11.8. The molecule has 0 aliphatic carbocycles. The molecule has 0 saturated heterocycles. The van der Waals surface area contributed by atoms with Gasteiger partial charge in [-0.05, 0) is 23.6 Å². The molecule has 21 heavy (non-hydrogen) atoms. The Morgan fingerprint density at radius 3 is 2.71 bits per heavy atom. The molecule has 3 heterocycles. The van der Waals surface area contributed by atoms with E-state index in [1.807, 2.05) is 30.3 Å². The van der Waals surface area contributed by atoms with Crippen LogP contribution in [0.3, 0.4) is 0 Å². The second kappa shape index (κ2) is 4.52. The van der Waals surface area contributed by atoms with Gasteiger partial charge in [-0.25, -0.2) is 0 Å². The molecule has 0 N–H and O–H groups in total. The number of furan rings is 1. The summed E-state index contributed by atoms with van der Waals surface area (Å²) >= 11 is 0. The molecular formula is C17H10N2O2. The molecule has 0 amide bonds. The van der Waals surface area contributed by atoms with Gasteiger partial charge in [-0.15, -0.1) is 0 Å². The first-order valence-electron chi connectivity index (χ1n) is 6.54. The van der Waals surface area contributed by atoms with Gasteiger partial charge in [0.2, 0.25) is 5.78 Å². The van der Waals surface area contributed by atoms with Crippen molar-refractivity contribution in [3.8, 4) is 0 Å². The lowest BCUT2D eigenvalue weighted by molar-refractivity contribution is 0.103. The Bertz CT molecular complexity index is 959. The molecule has 0 spiro atoms. The molecule has 0 fully saturated rings. The van der Waals surface area contributed by atoms with Gasteiger partial charge in [-0.1, -0.05) is 18.2 Å². The van der Waals surface area contributed by atoms with E-state index in [1.165, 1.54) is 12.5 Å². The van der Waals surface area contributed by atoms with Crippen molar-refractivity contribution in [2.75, 3.05) is 0 Å². The minimum Gasteiger partial charge on any atom is -0.472 e. The molecular weight excluding hydrogens is 264 g/mol. The minimum atomic E-state index is -0.161. The van der Waals surface area contributed by atoms with Crippen molar-refractivity contribution in [3.63, 3.8) is 0 Å². The number of para-hydroxylation sites is 1. The summed E-state index contributed by atoms with van der Waals surface area (Å²) in [5, 5.41) is 2.74. The number of ketones is 1. The normalized spacial score (nSPS) is 11.0. The maximum Gasteiger partial charge on any atom is 0.215 e. The van der Waals surface area contributed by atoms with E-state index in [9.17, 15) is 4.79 Å². The van der Waals surface area contributed by atoms with Crippen molar-refractivity contribution in [1.82, 2.24) is 9.97 Å². The topological polar surface area (TPSA) is 56.0 Å². The third-order valence-corrected chi connectivity index (χ3v) is 3.52. The fraction of sp³-hybridized carbons (Fsp3) is 0. The Hall–Kier alpha value is -3.01. The van der Waals surface area contributed by atoms with Gasteiger partial charge in [-0.2, -0.15) is 0 Å². The Morgan fingerprint density at radius 2 is 1.86 bits per heavy atom. The van der Waals surface area contributed by atoms with Crippen LogP contribution in [0.5, 0.6) is 0 Å². The number of carbonyl (C=O) groups is 1. The van der Waals surface area contributed by atoms with E-state index in [4.69, 9.17) is 4.42 Å². The third kappa shape index (κ3) is 1.80. The number of nitrogens with zero attached hydrogens (tertiary/aromatic N) is 2. The molecule has 0 unspecified atom stereocenters. The van der Waals surface area contributed by atoms with Crippen LogP contribution in [0.15, 0.2) is 65.7 Å². The second-order valence-corrected chi connectivity index (χ2v) is 4.74. The number of rotatable bonds is 2. The molecule has 3 aromatic heterocycles.